The van der Waals surface area contributed by atoms with Crippen LogP contribution in [0.4, 0.5) is 0 Å². The molecule has 0 fully saturated rings. The molecule has 0 amide bonds. The summed E-state index contributed by atoms with van der Waals surface area (Å²) in [5.74, 6) is 0.973. The van der Waals surface area contributed by atoms with E-state index in [9.17, 15) is 8.42 Å². The Balaban J connectivity index is 2.59. The number of rotatable bonds is 9. The smallest absolute Gasteiger partial charge is 0.191 e. The van der Waals surface area contributed by atoms with Gasteiger partial charge in [0.05, 0.1) is 12.3 Å². The third-order valence-corrected chi connectivity index (χ3v) is 5.21. The molecule has 130 valence electrons. The zero-order valence-corrected chi connectivity index (χ0v) is 15.2. The topological polar surface area (TPSA) is 70.6 Å². The molecule has 0 bridgehead atoms. The van der Waals surface area contributed by atoms with E-state index in [0.717, 1.165) is 24.9 Å². The molecule has 0 aliphatic heterocycles. The first kappa shape index (κ1) is 19.5. The Bertz CT molecular complexity index is 580. The number of unbranched alkanes of at least 4 members (excludes halogenated alkanes) is 1. The Labute approximate surface area is 140 Å². The van der Waals surface area contributed by atoms with Crippen LogP contribution in [0.25, 0.3) is 0 Å². The molecule has 0 radical (unpaired) electrons. The highest BCUT2D eigenvalue weighted by Gasteiger charge is 2.07. The molecule has 23 heavy (non-hydrogen) atoms. The summed E-state index contributed by atoms with van der Waals surface area (Å²) in [6.45, 7) is 7.63. The molecule has 0 aliphatic carbocycles. The largest absolute Gasteiger partial charge is 0.356 e. The highest BCUT2D eigenvalue weighted by molar-refractivity contribution is 7.91. The molecular formula is C17H29N3O2S. The fourth-order valence-corrected chi connectivity index (χ4v) is 2.59. The van der Waals surface area contributed by atoms with E-state index in [0.29, 0.717) is 19.0 Å². The molecule has 0 heterocycles. The normalized spacial score (nSPS) is 12.2. The lowest BCUT2D eigenvalue weighted by atomic mass is 10.1. The van der Waals surface area contributed by atoms with E-state index in [1.54, 1.807) is 6.92 Å². The van der Waals surface area contributed by atoms with E-state index in [4.69, 9.17) is 0 Å². The summed E-state index contributed by atoms with van der Waals surface area (Å²) in [6.07, 6.45) is 2.15. The number of benzene rings is 1. The fourth-order valence-electron chi connectivity index (χ4n) is 1.89. The second kappa shape index (κ2) is 10.3. The summed E-state index contributed by atoms with van der Waals surface area (Å²) >= 11 is 0. The Morgan fingerprint density at radius 2 is 1.74 bits per heavy atom. The zero-order chi connectivity index (χ0) is 17.1. The predicted molar refractivity (Wildman–Crippen MR) is 97.6 cm³/mol. The molecule has 5 nitrogen and oxygen atoms in total. The first-order chi connectivity index (χ1) is 11.0. The van der Waals surface area contributed by atoms with Gasteiger partial charge < -0.3 is 10.6 Å². The van der Waals surface area contributed by atoms with Gasteiger partial charge in [0.15, 0.2) is 15.8 Å². The van der Waals surface area contributed by atoms with Gasteiger partial charge in [-0.25, -0.2) is 13.4 Å². The van der Waals surface area contributed by atoms with Crippen LogP contribution in [0, 0.1) is 6.92 Å². The second-order valence-corrected chi connectivity index (χ2v) is 8.07. The van der Waals surface area contributed by atoms with Crippen LogP contribution < -0.4 is 10.6 Å². The van der Waals surface area contributed by atoms with Gasteiger partial charge in [-0.3, -0.25) is 0 Å². The number of hydrogen-bond acceptors (Lipinski definition) is 3. The molecule has 0 saturated carbocycles. The Hall–Kier alpha value is -1.56. The number of nitrogens with one attached hydrogen (secondary N) is 2. The van der Waals surface area contributed by atoms with E-state index < -0.39 is 9.84 Å². The van der Waals surface area contributed by atoms with E-state index in [1.165, 1.54) is 5.56 Å². The van der Waals surface area contributed by atoms with Gasteiger partial charge in [-0.15, -0.1) is 0 Å². The molecule has 0 aromatic heterocycles. The van der Waals surface area contributed by atoms with Gasteiger partial charge in [0.1, 0.15) is 0 Å². The quantitative estimate of drug-likeness (QED) is 0.411. The van der Waals surface area contributed by atoms with Crippen molar-refractivity contribution in [3.63, 3.8) is 0 Å². The molecule has 0 atom stereocenters. The predicted octanol–water partition coefficient (Wildman–Crippen LogP) is 2.27. The van der Waals surface area contributed by atoms with Gasteiger partial charge in [0, 0.05) is 18.8 Å². The van der Waals surface area contributed by atoms with Crippen molar-refractivity contribution >= 4 is 15.8 Å². The molecule has 1 rings (SSSR count). The number of nitrogens with zero attached hydrogens (tertiary/aromatic N) is 1. The zero-order valence-electron chi connectivity index (χ0n) is 14.4. The van der Waals surface area contributed by atoms with Crippen LogP contribution in [0.1, 0.15) is 37.8 Å². The molecule has 1 aromatic rings. The number of sulfone groups is 1. The Kier molecular flexibility index (Phi) is 8.69. The minimum atomic E-state index is -2.96. The molecule has 0 aliphatic rings. The SMILES string of the molecule is CCCCNC(=NCc1ccc(C)cc1)NCCS(=O)(=O)CC. The van der Waals surface area contributed by atoms with Gasteiger partial charge >= 0.3 is 0 Å². The maximum absolute atomic E-state index is 11.6. The highest BCUT2D eigenvalue weighted by atomic mass is 32.2. The van der Waals surface area contributed by atoms with Crippen molar-refractivity contribution in [3.05, 3.63) is 35.4 Å². The van der Waals surface area contributed by atoms with Crippen molar-refractivity contribution in [1.82, 2.24) is 10.6 Å². The third-order valence-electron chi connectivity index (χ3n) is 3.51. The van der Waals surface area contributed by atoms with Gasteiger partial charge in [-0.05, 0) is 18.9 Å². The van der Waals surface area contributed by atoms with Crippen LogP contribution in [0.3, 0.4) is 0 Å². The van der Waals surface area contributed by atoms with Crippen LogP contribution in [-0.4, -0.2) is 39.0 Å². The lowest BCUT2D eigenvalue weighted by molar-refractivity contribution is 0.595. The fraction of sp³-hybridized carbons (Fsp3) is 0.588. The Morgan fingerprint density at radius 1 is 1.09 bits per heavy atom. The van der Waals surface area contributed by atoms with Crippen LogP contribution in [0.15, 0.2) is 29.3 Å². The summed E-state index contributed by atoms with van der Waals surface area (Å²) in [4.78, 5) is 4.54. The number of guanidine groups is 1. The second-order valence-electron chi connectivity index (χ2n) is 5.59. The van der Waals surface area contributed by atoms with E-state index in [1.807, 2.05) is 0 Å². The van der Waals surface area contributed by atoms with Gasteiger partial charge in [-0.2, -0.15) is 0 Å². The van der Waals surface area contributed by atoms with Crippen LogP contribution >= 0.6 is 0 Å². The minimum Gasteiger partial charge on any atom is -0.356 e. The standard InChI is InChI=1S/C17H29N3O2S/c1-4-6-11-18-17(19-12-13-23(21,22)5-2)20-14-16-9-7-15(3)8-10-16/h7-10H,4-6,11-14H2,1-3H3,(H2,18,19,20). The minimum absolute atomic E-state index is 0.127. The Morgan fingerprint density at radius 3 is 2.35 bits per heavy atom. The average molecular weight is 340 g/mol. The molecule has 0 saturated heterocycles. The summed E-state index contributed by atoms with van der Waals surface area (Å²) in [5, 5.41) is 6.36. The number of hydrogen-bond donors (Lipinski definition) is 2. The maximum Gasteiger partial charge on any atom is 0.191 e. The molecule has 1 aromatic carbocycles. The third kappa shape index (κ3) is 8.59. The molecule has 0 spiro atoms. The summed E-state index contributed by atoms with van der Waals surface area (Å²) < 4.78 is 23.1. The highest BCUT2D eigenvalue weighted by Crippen LogP contribution is 2.04. The van der Waals surface area contributed by atoms with Crippen LogP contribution in [0.5, 0.6) is 0 Å². The van der Waals surface area contributed by atoms with Crippen molar-refractivity contribution in [2.24, 2.45) is 4.99 Å². The van der Waals surface area contributed by atoms with Crippen molar-refractivity contribution in [1.29, 1.82) is 0 Å². The van der Waals surface area contributed by atoms with E-state index >= 15 is 0 Å². The molecule has 6 heteroatoms. The summed E-state index contributed by atoms with van der Waals surface area (Å²) in [7, 11) is -2.96. The van der Waals surface area contributed by atoms with Gasteiger partial charge in [0.2, 0.25) is 0 Å². The first-order valence-corrected chi connectivity index (χ1v) is 10.1. The average Bonchev–Trinajstić information content (AvgIpc) is 2.53. The number of aryl methyl sites for hydroxylation is 1. The summed E-state index contributed by atoms with van der Waals surface area (Å²) in [5.41, 5.74) is 2.36. The van der Waals surface area contributed by atoms with Crippen LogP contribution in [0.2, 0.25) is 0 Å². The first-order valence-electron chi connectivity index (χ1n) is 8.25. The van der Waals surface area contributed by atoms with Crippen LogP contribution in [-0.2, 0) is 16.4 Å². The lowest BCUT2D eigenvalue weighted by Crippen LogP contribution is -2.40. The van der Waals surface area contributed by atoms with Crippen molar-refractivity contribution in [2.45, 2.75) is 40.2 Å². The van der Waals surface area contributed by atoms with Gasteiger partial charge in [0.25, 0.3) is 0 Å². The van der Waals surface area contributed by atoms with Crippen molar-refractivity contribution in [3.8, 4) is 0 Å². The molecule has 0 unspecified atom stereocenters. The summed E-state index contributed by atoms with van der Waals surface area (Å²) in [6, 6.07) is 8.25. The van der Waals surface area contributed by atoms with Crippen molar-refractivity contribution in [2.75, 3.05) is 24.6 Å². The number of aliphatic imine (C=N–C) groups is 1. The molecular weight excluding hydrogens is 310 g/mol. The maximum atomic E-state index is 11.6. The van der Waals surface area contributed by atoms with E-state index in [2.05, 4.69) is 53.7 Å². The molecule has 2 N–H and O–H groups in total. The van der Waals surface area contributed by atoms with Gasteiger partial charge in [-0.1, -0.05) is 50.1 Å². The lowest BCUT2D eigenvalue weighted by Gasteiger charge is -2.12. The van der Waals surface area contributed by atoms with Crippen molar-refractivity contribution < 1.29 is 8.42 Å². The monoisotopic (exact) mass is 339 g/mol. The van der Waals surface area contributed by atoms with E-state index in [-0.39, 0.29) is 11.5 Å².